The quantitative estimate of drug-likeness (QED) is 0.892. The molecule has 1 aliphatic heterocycles. The van der Waals surface area contributed by atoms with Crippen LogP contribution in [0.4, 0.5) is 0 Å². The maximum absolute atomic E-state index is 12.7. The monoisotopic (exact) mass is 274 g/mol. The zero-order valence-electron chi connectivity index (χ0n) is 13.1. The Morgan fingerprint density at radius 1 is 1.25 bits per heavy atom. The Morgan fingerprint density at radius 2 is 1.90 bits per heavy atom. The zero-order valence-corrected chi connectivity index (χ0v) is 13.1. The van der Waals surface area contributed by atoms with E-state index in [4.69, 9.17) is 0 Å². The Labute approximate surface area is 122 Å². The van der Waals surface area contributed by atoms with Gasteiger partial charge >= 0.3 is 0 Å². The van der Waals surface area contributed by atoms with Crippen molar-refractivity contribution in [2.24, 2.45) is 0 Å². The molecule has 0 aromatic heterocycles. The van der Waals surface area contributed by atoms with Crippen LogP contribution in [0.1, 0.15) is 57.3 Å². The van der Waals surface area contributed by atoms with E-state index < -0.39 is 5.54 Å². The van der Waals surface area contributed by atoms with E-state index in [0.29, 0.717) is 0 Å². The molecule has 1 aliphatic rings. The van der Waals surface area contributed by atoms with E-state index in [2.05, 4.69) is 50.4 Å². The minimum Gasteiger partial charge on any atom is -0.321 e. The molecular weight excluding hydrogens is 248 g/mol. The van der Waals surface area contributed by atoms with Crippen LogP contribution in [0.5, 0.6) is 0 Å². The Balaban J connectivity index is 2.28. The van der Waals surface area contributed by atoms with Gasteiger partial charge in [0.05, 0.1) is 5.54 Å². The summed E-state index contributed by atoms with van der Waals surface area (Å²) < 4.78 is 0. The van der Waals surface area contributed by atoms with Crippen LogP contribution in [-0.2, 0) is 4.79 Å². The molecule has 1 amide bonds. The van der Waals surface area contributed by atoms with E-state index in [-0.39, 0.29) is 12.1 Å². The minimum atomic E-state index is -0.427. The van der Waals surface area contributed by atoms with Crippen molar-refractivity contribution in [1.29, 1.82) is 0 Å². The number of rotatable bonds is 5. The second-order valence-corrected chi connectivity index (χ2v) is 6.00. The molecule has 1 heterocycles. The predicted octanol–water partition coefficient (Wildman–Crippen LogP) is 3.39. The number of carbonyl (C=O) groups excluding carboxylic acids is 1. The zero-order chi connectivity index (χ0) is 14.8. The van der Waals surface area contributed by atoms with Gasteiger partial charge in [-0.25, -0.2) is 0 Å². The molecule has 0 bridgehead atoms. The molecule has 2 atom stereocenters. The number of benzene rings is 1. The van der Waals surface area contributed by atoms with E-state index in [1.807, 2.05) is 11.8 Å². The van der Waals surface area contributed by atoms with Crippen molar-refractivity contribution in [2.45, 2.75) is 58.7 Å². The summed E-state index contributed by atoms with van der Waals surface area (Å²) in [6, 6.07) is 8.48. The SMILES string of the molecule is CCCCN1C(=O)C(C)(CC)NC1c1ccc(C)cc1. The fourth-order valence-corrected chi connectivity index (χ4v) is 2.70. The summed E-state index contributed by atoms with van der Waals surface area (Å²) in [4.78, 5) is 14.7. The molecule has 0 aliphatic carbocycles. The van der Waals surface area contributed by atoms with Crippen molar-refractivity contribution in [2.75, 3.05) is 6.54 Å². The molecule has 0 spiro atoms. The molecule has 0 radical (unpaired) electrons. The van der Waals surface area contributed by atoms with Crippen LogP contribution in [-0.4, -0.2) is 22.9 Å². The van der Waals surface area contributed by atoms with Gasteiger partial charge in [0.25, 0.3) is 0 Å². The van der Waals surface area contributed by atoms with Gasteiger partial charge in [0.1, 0.15) is 6.17 Å². The van der Waals surface area contributed by atoms with Crippen LogP contribution in [0.2, 0.25) is 0 Å². The number of amides is 1. The van der Waals surface area contributed by atoms with Crippen LogP contribution < -0.4 is 5.32 Å². The highest BCUT2D eigenvalue weighted by molar-refractivity contribution is 5.88. The predicted molar refractivity (Wildman–Crippen MR) is 82.4 cm³/mol. The minimum absolute atomic E-state index is 0.0135. The maximum Gasteiger partial charge on any atom is 0.244 e. The molecule has 1 saturated heterocycles. The Kier molecular flexibility index (Phi) is 4.48. The topological polar surface area (TPSA) is 32.3 Å². The van der Waals surface area contributed by atoms with Crippen molar-refractivity contribution in [3.05, 3.63) is 35.4 Å². The molecule has 3 heteroatoms. The summed E-state index contributed by atoms with van der Waals surface area (Å²) in [6.45, 7) is 9.16. The fourth-order valence-electron chi connectivity index (χ4n) is 2.70. The van der Waals surface area contributed by atoms with Crippen LogP contribution in [0.25, 0.3) is 0 Å². The molecule has 2 unspecified atom stereocenters. The lowest BCUT2D eigenvalue weighted by Crippen LogP contribution is -2.43. The van der Waals surface area contributed by atoms with Crippen LogP contribution in [0, 0.1) is 6.92 Å². The molecular formula is C17H26N2O. The number of unbranched alkanes of at least 4 members (excludes halogenated alkanes) is 1. The van der Waals surface area contributed by atoms with Crippen molar-refractivity contribution in [3.8, 4) is 0 Å². The van der Waals surface area contributed by atoms with Crippen LogP contribution in [0.3, 0.4) is 0 Å². The first-order valence-corrected chi connectivity index (χ1v) is 7.67. The standard InChI is InChI=1S/C17H26N2O/c1-5-7-12-19-15(14-10-8-13(3)9-11-14)18-17(4,6-2)16(19)20/h8-11,15,18H,5-7,12H2,1-4H3. The number of hydrogen-bond acceptors (Lipinski definition) is 2. The molecule has 3 nitrogen and oxygen atoms in total. The Hall–Kier alpha value is -1.35. The first-order chi connectivity index (χ1) is 9.51. The average Bonchev–Trinajstić information content (AvgIpc) is 2.71. The highest BCUT2D eigenvalue weighted by Gasteiger charge is 2.46. The van der Waals surface area contributed by atoms with Gasteiger partial charge in [-0.1, -0.05) is 50.1 Å². The molecule has 1 fully saturated rings. The third kappa shape index (κ3) is 2.73. The largest absolute Gasteiger partial charge is 0.321 e. The first kappa shape index (κ1) is 15.0. The molecule has 110 valence electrons. The fraction of sp³-hybridized carbons (Fsp3) is 0.588. The van der Waals surface area contributed by atoms with Gasteiger partial charge in [0.2, 0.25) is 5.91 Å². The van der Waals surface area contributed by atoms with Crippen LogP contribution >= 0.6 is 0 Å². The van der Waals surface area contributed by atoms with Crippen molar-refractivity contribution in [3.63, 3.8) is 0 Å². The molecule has 1 aromatic rings. The lowest BCUT2D eigenvalue weighted by atomic mass is 9.99. The van der Waals surface area contributed by atoms with Crippen LogP contribution in [0.15, 0.2) is 24.3 Å². The highest BCUT2D eigenvalue weighted by atomic mass is 16.2. The highest BCUT2D eigenvalue weighted by Crippen LogP contribution is 2.32. The lowest BCUT2D eigenvalue weighted by Gasteiger charge is -2.24. The third-order valence-electron chi connectivity index (χ3n) is 4.35. The number of aryl methyl sites for hydroxylation is 1. The maximum atomic E-state index is 12.7. The van der Waals surface area contributed by atoms with E-state index in [1.165, 1.54) is 11.1 Å². The Bertz CT molecular complexity index is 468. The van der Waals surface area contributed by atoms with Gasteiger partial charge in [0.15, 0.2) is 0 Å². The molecule has 2 rings (SSSR count). The van der Waals surface area contributed by atoms with Gasteiger partial charge in [-0.3, -0.25) is 10.1 Å². The van der Waals surface area contributed by atoms with Gasteiger partial charge in [-0.05, 0) is 32.3 Å². The first-order valence-electron chi connectivity index (χ1n) is 7.67. The molecule has 1 N–H and O–H groups in total. The summed E-state index contributed by atoms with van der Waals surface area (Å²) in [5.41, 5.74) is 2.00. The van der Waals surface area contributed by atoms with E-state index in [9.17, 15) is 4.79 Å². The molecule has 0 saturated carbocycles. The molecule has 20 heavy (non-hydrogen) atoms. The summed E-state index contributed by atoms with van der Waals surface area (Å²) in [5.74, 6) is 0.235. The second kappa shape index (κ2) is 5.96. The number of nitrogens with one attached hydrogen (secondary N) is 1. The second-order valence-electron chi connectivity index (χ2n) is 6.00. The summed E-state index contributed by atoms with van der Waals surface area (Å²) in [6.07, 6.45) is 2.99. The summed E-state index contributed by atoms with van der Waals surface area (Å²) in [7, 11) is 0. The van der Waals surface area contributed by atoms with Gasteiger partial charge in [-0.15, -0.1) is 0 Å². The van der Waals surface area contributed by atoms with Gasteiger partial charge < -0.3 is 4.90 Å². The summed E-state index contributed by atoms with van der Waals surface area (Å²) in [5, 5.41) is 3.54. The smallest absolute Gasteiger partial charge is 0.244 e. The number of nitrogens with zero attached hydrogens (tertiary/aromatic N) is 1. The summed E-state index contributed by atoms with van der Waals surface area (Å²) >= 11 is 0. The van der Waals surface area contributed by atoms with E-state index in [1.54, 1.807) is 0 Å². The molecule has 1 aromatic carbocycles. The van der Waals surface area contributed by atoms with E-state index >= 15 is 0 Å². The van der Waals surface area contributed by atoms with Crippen molar-refractivity contribution >= 4 is 5.91 Å². The number of hydrogen-bond donors (Lipinski definition) is 1. The van der Waals surface area contributed by atoms with E-state index in [0.717, 1.165) is 25.8 Å². The lowest BCUT2D eigenvalue weighted by molar-refractivity contribution is -0.133. The number of carbonyl (C=O) groups is 1. The average molecular weight is 274 g/mol. The third-order valence-corrected chi connectivity index (χ3v) is 4.35. The van der Waals surface area contributed by atoms with Crippen molar-refractivity contribution in [1.82, 2.24) is 10.2 Å². The van der Waals surface area contributed by atoms with Gasteiger partial charge in [0, 0.05) is 6.54 Å². The van der Waals surface area contributed by atoms with Gasteiger partial charge in [-0.2, -0.15) is 0 Å². The Morgan fingerprint density at radius 3 is 2.45 bits per heavy atom. The normalized spacial score (nSPS) is 26.3. The van der Waals surface area contributed by atoms with Crippen molar-refractivity contribution < 1.29 is 4.79 Å².